The minimum absolute atomic E-state index is 0.0959. The molecular weight excluding hydrogens is 324 g/mol. The molecule has 0 spiro atoms. The van der Waals surface area contributed by atoms with Crippen LogP contribution < -0.4 is 0 Å². The number of rotatable bonds is 1. The summed E-state index contributed by atoms with van der Waals surface area (Å²) in [7, 11) is 0. The predicted octanol–water partition coefficient (Wildman–Crippen LogP) is 1.64. The molecular formula is C11H11FINO2. The number of nitrogens with zero attached hydrogens (tertiary/aromatic N) is 1. The molecule has 0 unspecified atom stereocenters. The number of benzene rings is 1. The molecule has 1 N–H and O–H groups in total. The monoisotopic (exact) mass is 335 g/mol. The molecule has 1 aliphatic heterocycles. The lowest BCUT2D eigenvalue weighted by molar-refractivity contribution is -0.0670. The molecule has 3 nitrogen and oxygen atoms in total. The van der Waals surface area contributed by atoms with Gasteiger partial charge >= 0.3 is 0 Å². The van der Waals surface area contributed by atoms with Crippen molar-refractivity contribution in [1.29, 1.82) is 0 Å². The topological polar surface area (TPSA) is 40.5 Å². The van der Waals surface area contributed by atoms with Crippen LogP contribution in [0, 0.1) is 9.39 Å². The normalized spacial score (nSPS) is 18.1. The van der Waals surface area contributed by atoms with Gasteiger partial charge in [0.25, 0.3) is 5.91 Å². The molecule has 1 saturated heterocycles. The van der Waals surface area contributed by atoms with Crippen LogP contribution in [-0.2, 0) is 0 Å². The van der Waals surface area contributed by atoms with Crippen LogP contribution in [0.3, 0.4) is 0 Å². The first-order valence-electron chi connectivity index (χ1n) is 4.86. The number of likely N-dealkylation sites (tertiary alicyclic amines) is 1. The van der Waals surface area contributed by atoms with Gasteiger partial charge in [0, 0.05) is 3.57 Å². The van der Waals surface area contributed by atoms with Gasteiger partial charge in [0.1, 0.15) is 5.82 Å². The van der Waals surface area contributed by atoms with Crippen LogP contribution in [-0.4, -0.2) is 34.6 Å². The Morgan fingerprint density at radius 1 is 1.56 bits per heavy atom. The van der Waals surface area contributed by atoms with Gasteiger partial charge < -0.3 is 10.0 Å². The molecule has 5 heteroatoms. The zero-order chi connectivity index (χ0) is 11.9. The molecule has 16 heavy (non-hydrogen) atoms. The first kappa shape index (κ1) is 11.8. The van der Waals surface area contributed by atoms with Gasteiger partial charge in [0.15, 0.2) is 0 Å². The van der Waals surface area contributed by atoms with E-state index >= 15 is 0 Å². The Labute approximate surface area is 106 Å². The van der Waals surface area contributed by atoms with Crippen molar-refractivity contribution in [2.24, 2.45) is 0 Å². The second-order valence-corrected chi connectivity index (χ2v) is 5.42. The van der Waals surface area contributed by atoms with Crippen LogP contribution in [0.1, 0.15) is 17.3 Å². The summed E-state index contributed by atoms with van der Waals surface area (Å²) in [6, 6.07) is 4.53. The standard InChI is InChI=1S/C11H11FINO2/c1-11(16)5-14(6-11)10(15)9-7(12)3-2-4-8(9)13/h2-4,16H,5-6H2,1H3. The number of carbonyl (C=O) groups is 1. The third-order valence-corrected chi connectivity index (χ3v) is 3.43. The molecule has 1 aromatic carbocycles. The van der Waals surface area contributed by atoms with Gasteiger partial charge in [-0.05, 0) is 41.6 Å². The molecule has 1 aliphatic rings. The Morgan fingerprint density at radius 2 is 2.19 bits per heavy atom. The predicted molar refractivity (Wildman–Crippen MR) is 65.6 cm³/mol. The Hall–Kier alpha value is -0.690. The van der Waals surface area contributed by atoms with Crippen molar-refractivity contribution in [3.63, 3.8) is 0 Å². The summed E-state index contributed by atoms with van der Waals surface area (Å²) >= 11 is 1.93. The van der Waals surface area contributed by atoms with Crippen molar-refractivity contribution in [1.82, 2.24) is 4.90 Å². The van der Waals surface area contributed by atoms with Crippen LogP contribution >= 0.6 is 22.6 Å². The van der Waals surface area contributed by atoms with Crippen molar-refractivity contribution < 1.29 is 14.3 Å². The summed E-state index contributed by atoms with van der Waals surface area (Å²) in [4.78, 5) is 13.4. The zero-order valence-electron chi connectivity index (χ0n) is 8.70. The molecule has 1 heterocycles. The van der Waals surface area contributed by atoms with Crippen molar-refractivity contribution >= 4 is 28.5 Å². The van der Waals surface area contributed by atoms with Gasteiger partial charge in [-0.3, -0.25) is 4.79 Å². The van der Waals surface area contributed by atoms with Crippen molar-refractivity contribution in [2.45, 2.75) is 12.5 Å². The summed E-state index contributed by atoms with van der Waals surface area (Å²) < 4.78 is 14.1. The third-order valence-electron chi connectivity index (χ3n) is 2.53. The molecule has 0 saturated carbocycles. The average molecular weight is 335 g/mol. The first-order chi connectivity index (χ1) is 7.41. The van der Waals surface area contributed by atoms with E-state index in [4.69, 9.17) is 0 Å². The van der Waals surface area contributed by atoms with Gasteiger partial charge in [-0.2, -0.15) is 0 Å². The van der Waals surface area contributed by atoms with Gasteiger partial charge in [-0.25, -0.2) is 4.39 Å². The Morgan fingerprint density at radius 3 is 2.69 bits per heavy atom. The van der Waals surface area contributed by atoms with Gasteiger partial charge in [-0.15, -0.1) is 0 Å². The molecule has 0 aliphatic carbocycles. The highest BCUT2D eigenvalue weighted by Crippen LogP contribution is 2.25. The number of amides is 1. The lowest BCUT2D eigenvalue weighted by Gasteiger charge is -2.44. The maximum absolute atomic E-state index is 13.5. The minimum Gasteiger partial charge on any atom is -0.386 e. The van der Waals surface area contributed by atoms with Crippen LogP contribution in [0.2, 0.25) is 0 Å². The molecule has 0 atom stereocenters. The van der Waals surface area contributed by atoms with Crippen LogP contribution in [0.4, 0.5) is 4.39 Å². The second kappa shape index (κ2) is 3.96. The van der Waals surface area contributed by atoms with Gasteiger partial charge in [0.2, 0.25) is 0 Å². The third kappa shape index (κ3) is 2.06. The van der Waals surface area contributed by atoms with Gasteiger partial charge in [-0.1, -0.05) is 6.07 Å². The maximum Gasteiger partial charge on any atom is 0.258 e. The fourth-order valence-corrected chi connectivity index (χ4v) is 2.48. The number of β-amino-alcohol motifs (C(OH)–C–C–N with tert-alkyl or cyclic N) is 1. The number of hydrogen-bond acceptors (Lipinski definition) is 2. The highest BCUT2D eigenvalue weighted by atomic mass is 127. The van der Waals surface area contributed by atoms with Crippen LogP contribution in [0.25, 0.3) is 0 Å². The van der Waals surface area contributed by atoms with E-state index in [0.717, 1.165) is 0 Å². The number of aliphatic hydroxyl groups is 1. The van der Waals surface area contributed by atoms with E-state index in [9.17, 15) is 14.3 Å². The summed E-state index contributed by atoms with van der Waals surface area (Å²) in [5, 5.41) is 9.53. The summed E-state index contributed by atoms with van der Waals surface area (Å²) in [6.45, 7) is 2.18. The Bertz CT molecular complexity index is 419. The van der Waals surface area contributed by atoms with Crippen molar-refractivity contribution in [3.05, 3.63) is 33.1 Å². The number of carbonyl (C=O) groups excluding carboxylic acids is 1. The zero-order valence-corrected chi connectivity index (χ0v) is 10.9. The Balaban J connectivity index is 2.23. The van der Waals surface area contributed by atoms with Crippen LogP contribution in [0.15, 0.2) is 18.2 Å². The molecule has 0 radical (unpaired) electrons. The largest absolute Gasteiger partial charge is 0.386 e. The van der Waals surface area contributed by atoms with E-state index in [0.29, 0.717) is 3.57 Å². The minimum atomic E-state index is -0.827. The SMILES string of the molecule is CC1(O)CN(C(=O)c2c(F)cccc2I)C1. The summed E-state index contributed by atoms with van der Waals surface area (Å²) in [5.74, 6) is -0.863. The smallest absolute Gasteiger partial charge is 0.258 e. The quantitative estimate of drug-likeness (QED) is 0.793. The fourth-order valence-electron chi connectivity index (χ4n) is 1.78. The van der Waals surface area contributed by atoms with Crippen molar-refractivity contribution in [2.75, 3.05) is 13.1 Å². The molecule has 0 aromatic heterocycles. The molecule has 1 aromatic rings. The molecule has 0 bridgehead atoms. The van der Waals surface area contributed by atoms with Gasteiger partial charge in [0.05, 0.1) is 24.3 Å². The highest BCUT2D eigenvalue weighted by molar-refractivity contribution is 14.1. The lowest BCUT2D eigenvalue weighted by atomic mass is 9.96. The number of halogens is 2. The lowest BCUT2D eigenvalue weighted by Crippen LogP contribution is -2.61. The molecule has 86 valence electrons. The van der Waals surface area contributed by atoms with Crippen LogP contribution in [0.5, 0.6) is 0 Å². The van der Waals surface area contributed by atoms with E-state index in [1.165, 1.54) is 11.0 Å². The fraction of sp³-hybridized carbons (Fsp3) is 0.364. The number of hydrogen-bond donors (Lipinski definition) is 1. The maximum atomic E-state index is 13.5. The van der Waals surface area contributed by atoms with Crippen molar-refractivity contribution in [3.8, 4) is 0 Å². The van der Waals surface area contributed by atoms with E-state index in [1.54, 1.807) is 19.1 Å². The first-order valence-corrected chi connectivity index (χ1v) is 5.94. The van der Waals surface area contributed by atoms with E-state index < -0.39 is 11.4 Å². The summed E-state index contributed by atoms with van der Waals surface area (Å²) in [5.41, 5.74) is -0.731. The molecule has 2 rings (SSSR count). The van der Waals surface area contributed by atoms with E-state index in [2.05, 4.69) is 0 Å². The highest BCUT2D eigenvalue weighted by Gasteiger charge is 2.40. The molecule has 1 amide bonds. The Kier molecular flexibility index (Phi) is 2.91. The second-order valence-electron chi connectivity index (χ2n) is 4.25. The summed E-state index contributed by atoms with van der Waals surface area (Å²) in [6.07, 6.45) is 0. The van der Waals surface area contributed by atoms with E-state index in [1.807, 2.05) is 22.6 Å². The van der Waals surface area contributed by atoms with E-state index in [-0.39, 0.29) is 24.6 Å². The average Bonchev–Trinajstić information content (AvgIpc) is 2.13. The molecule has 1 fully saturated rings.